The number of carbonyl (C=O) groups excluding carboxylic acids is 1. The molecule has 3 nitrogen and oxygen atoms in total. The second kappa shape index (κ2) is 5.88. The van der Waals surface area contributed by atoms with Crippen molar-refractivity contribution in [2.75, 3.05) is 18.6 Å². The van der Waals surface area contributed by atoms with Crippen molar-refractivity contribution in [1.29, 1.82) is 0 Å². The molecule has 0 heterocycles. The van der Waals surface area contributed by atoms with Crippen LogP contribution in [0.1, 0.15) is 6.42 Å². The molecule has 5 heteroatoms. The highest BCUT2D eigenvalue weighted by molar-refractivity contribution is 7.99. The van der Waals surface area contributed by atoms with Crippen LogP contribution >= 0.6 is 23.4 Å². The summed E-state index contributed by atoms with van der Waals surface area (Å²) in [5.74, 6) is 0.417. The van der Waals surface area contributed by atoms with Crippen molar-refractivity contribution in [1.82, 2.24) is 0 Å². The Hall–Kier alpha value is -0.870. The van der Waals surface area contributed by atoms with Crippen LogP contribution in [0.3, 0.4) is 0 Å². The van der Waals surface area contributed by atoms with E-state index in [0.717, 1.165) is 4.90 Å². The lowest BCUT2D eigenvalue weighted by Gasteiger charge is -2.05. The van der Waals surface area contributed by atoms with Crippen molar-refractivity contribution in [2.45, 2.75) is 11.3 Å². The number of nitrogen functional groups attached to an aromatic ring is 1. The molecule has 1 aromatic carbocycles. The number of halogens is 1. The molecular formula is C10H12ClNO2S. The monoisotopic (exact) mass is 245 g/mol. The molecule has 0 atom stereocenters. The molecule has 0 aliphatic rings. The Balaban J connectivity index is 2.51. The summed E-state index contributed by atoms with van der Waals surface area (Å²) in [5, 5.41) is 0.540. The fourth-order valence-corrected chi connectivity index (χ4v) is 2.15. The maximum Gasteiger partial charge on any atom is 0.306 e. The number of hydrogen-bond donors (Lipinski definition) is 1. The molecule has 0 aliphatic heterocycles. The maximum absolute atomic E-state index is 10.9. The quantitative estimate of drug-likeness (QED) is 0.503. The lowest BCUT2D eigenvalue weighted by Crippen LogP contribution is -2.01. The minimum absolute atomic E-state index is 0.219. The van der Waals surface area contributed by atoms with Crippen molar-refractivity contribution in [3.8, 4) is 0 Å². The molecule has 0 aliphatic carbocycles. The first kappa shape index (κ1) is 12.2. The largest absolute Gasteiger partial charge is 0.469 e. The number of nitrogens with two attached hydrogens (primary N) is 1. The van der Waals surface area contributed by atoms with E-state index in [9.17, 15) is 4.79 Å². The van der Waals surface area contributed by atoms with Gasteiger partial charge in [0.15, 0.2) is 0 Å². The molecule has 0 amide bonds. The van der Waals surface area contributed by atoms with Gasteiger partial charge in [0.1, 0.15) is 0 Å². The molecule has 0 aromatic heterocycles. The first-order chi connectivity index (χ1) is 7.15. The summed E-state index contributed by atoms with van der Waals surface area (Å²) in [4.78, 5) is 11.8. The van der Waals surface area contributed by atoms with E-state index in [1.54, 1.807) is 6.07 Å². The zero-order valence-corrected chi connectivity index (χ0v) is 9.90. The van der Waals surface area contributed by atoms with Crippen LogP contribution in [0.4, 0.5) is 5.69 Å². The van der Waals surface area contributed by atoms with Crippen molar-refractivity contribution in [3.05, 3.63) is 23.2 Å². The third-order valence-corrected chi connectivity index (χ3v) is 3.21. The van der Waals surface area contributed by atoms with Crippen molar-refractivity contribution < 1.29 is 9.53 Å². The van der Waals surface area contributed by atoms with Crippen molar-refractivity contribution >= 4 is 35.0 Å². The molecule has 0 spiro atoms. The number of esters is 1. The Labute approximate surface area is 97.9 Å². The molecule has 82 valence electrons. The van der Waals surface area contributed by atoms with Gasteiger partial charge in [0.25, 0.3) is 0 Å². The van der Waals surface area contributed by atoms with Crippen LogP contribution in [-0.2, 0) is 9.53 Å². The average molecular weight is 246 g/mol. The Morgan fingerprint density at radius 2 is 2.33 bits per heavy atom. The Kier molecular flexibility index (Phi) is 4.78. The molecule has 1 rings (SSSR count). The normalized spacial score (nSPS) is 10.0. The molecule has 0 fully saturated rings. The number of benzene rings is 1. The van der Waals surface area contributed by atoms with Crippen LogP contribution in [0.25, 0.3) is 0 Å². The molecule has 0 bridgehead atoms. The van der Waals surface area contributed by atoms with Gasteiger partial charge in [-0.25, -0.2) is 0 Å². The summed E-state index contributed by atoms with van der Waals surface area (Å²) in [6.07, 6.45) is 0.368. The second-order valence-corrected chi connectivity index (χ2v) is 4.37. The van der Waals surface area contributed by atoms with E-state index >= 15 is 0 Å². The summed E-state index contributed by atoms with van der Waals surface area (Å²) in [7, 11) is 1.38. The molecule has 0 saturated heterocycles. The second-order valence-electron chi connectivity index (χ2n) is 2.83. The Bertz CT molecular complexity index is 357. The highest BCUT2D eigenvalue weighted by Crippen LogP contribution is 2.30. The van der Waals surface area contributed by atoms with Crippen LogP contribution in [0, 0.1) is 0 Å². The van der Waals surface area contributed by atoms with E-state index in [2.05, 4.69) is 4.74 Å². The number of ether oxygens (including phenoxy) is 1. The molecule has 2 N–H and O–H groups in total. The fraction of sp³-hybridized carbons (Fsp3) is 0.300. The van der Waals surface area contributed by atoms with Gasteiger partial charge in [0.2, 0.25) is 0 Å². The highest BCUT2D eigenvalue weighted by Gasteiger charge is 2.05. The van der Waals surface area contributed by atoms with Gasteiger partial charge in [-0.2, -0.15) is 0 Å². The first-order valence-corrected chi connectivity index (χ1v) is 5.75. The third-order valence-electron chi connectivity index (χ3n) is 1.80. The van der Waals surface area contributed by atoms with E-state index in [4.69, 9.17) is 17.3 Å². The van der Waals surface area contributed by atoms with E-state index in [0.29, 0.717) is 22.9 Å². The zero-order chi connectivity index (χ0) is 11.3. The number of carbonyl (C=O) groups is 1. The fourth-order valence-electron chi connectivity index (χ4n) is 0.989. The van der Waals surface area contributed by atoms with Gasteiger partial charge in [-0.15, -0.1) is 11.8 Å². The van der Waals surface area contributed by atoms with Gasteiger partial charge < -0.3 is 10.5 Å². The number of para-hydroxylation sites is 1. The van der Waals surface area contributed by atoms with Gasteiger partial charge in [0, 0.05) is 10.6 Å². The standard InChI is InChI=1S/C10H12ClNO2S/c1-14-9(13)5-6-15-8-4-2-3-7(11)10(8)12/h2-4H,5-6,12H2,1H3. The number of thioether (sulfide) groups is 1. The summed E-state index contributed by atoms with van der Waals surface area (Å²) < 4.78 is 4.53. The van der Waals surface area contributed by atoms with Gasteiger partial charge >= 0.3 is 5.97 Å². The van der Waals surface area contributed by atoms with Gasteiger partial charge in [0.05, 0.1) is 24.2 Å². The van der Waals surface area contributed by atoms with E-state index in [-0.39, 0.29) is 5.97 Å². The number of rotatable bonds is 4. The van der Waals surface area contributed by atoms with E-state index in [1.807, 2.05) is 12.1 Å². The molecule has 0 unspecified atom stereocenters. The number of methoxy groups -OCH3 is 1. The summed E-state index contributed by atoms with van der Waals surface area (Å²) in [6.45, 7) is 0. The molecule has 0 radical (unpaired) electrons. The van der Waals surface area contributed by atoms with Gasteiger partial charge in [-0.3, -0.25) is 4.79 Å². The molecule has 0 saturated carbocycles. The Morgan fingerprint density at radius 3 is 3.00 bits per heavy atom. The maximum atomic E-state index is 10.9. The van der Waals surface area contributed by atoms with Crippen LogP contribution in [-0.4, -0.2) is 18.8 Å². The number of anilines is 1. The van der Waals surface area contributed by atoms with Crippen LogP contribution in [0.15, 0.2) is 23.1 Å². The minimum Gasteiger partial charge on any atom is -0.469 e. The predicted molar refractivity (Wildman–Crippen MR) is 63.2 cm³/mol. The Morgan fingerprint density at radius 1 is 1.60 bits per heavy atom. The summed E-state index contributed by atoms with van der Waals surface area (Å²) in [6, 6.07) is 5.45. The molecule has 1 aromatic rings. The van der Waals surface area contributed by atoms with Crippen LogP contribution < -0.4 is 5.73 Å². The number of hydrogen-bond acceptors (Lipinski definition) is 4. The molecule has 15 heavy (non-hydrogen) atoms. The highest BCUT2D eigenvalue weighted by atomic mass is 35.5. The van der Waals surface area contributed by atoms with E-state index in [1.165, 1.54) is 18.9 Å². The van der Waals surface area contributed by atoms with Crippen LogP contribution in [0.2, 0.25) is 5.02 Å². The van der Waals surface area contributed by atoms with E-state index < -0.39 is 0 Å². The lowest BCUT2D eigenvalue weighted by molar-refractivity contribution is -0.140. The minimum atomic E-state index is -0.219. The predicted octanol–water partition coefficient (Wildman–Crippen LogP) is 2.58. The van der Waals surface area contributed by atoms with Crippen LogP contribution in [0.5, 0.6) is 0 Å². The van der Waals surface area contributed by atoms with Crippen molar-refractivity contribution in [2.24, 2.45) is 0 Å². The lowest BCUT2D eigenvalue weighted by atomic mass is 10.3. The molecular weight excluding hydrogens is 234 g/mol. The van der Waals surface area contributed by atoms with Gasteiger partial charge in [-0.1, -0.05) is 17.7 Å². The summed E-state index contributed by atoms with van der Waals surface area (Å²) in [5.41, 5.74) is 6.33. The van der Waals surface area contributed by atoms with Crippen molar-refractivity contribution in [3.63, 3.8) is 0 Å². The topological polar surface area (TPSA) is 52.3 Å². The third kappa shape index (κ3) is 3.64. The smallest absolute Gasteiger partial charge is 0.306 e. The SMILES string of the molecule is COC(=O)CCSc1cccc(Cl)c1N. The summed E-state index contributed by atoms with van der Waals surface area (Å²) >= 11 is 7.35. The average Bonchev–Trinajstić information content (AvgIpc) is 2.24. The first-order valence-electron chi connectivity index (χ1n) is 4.38. The van der Waals surface area contributed by atoms with Gasteiger partial charge in [-0.05, 0) is 12.1 Å². The zero-order valence-electron chi connectivity index (χ0n) is 8.33.